The zero-order valence-corrected chi connectivity index (χ0v) is 18.4. The van der Waals surface area contributed by atoms with E-state index in [-0.39, 0.29) is 5.92 Å². The molecule has 1 atom stereocenters. The molecule has 5 N–H and O–H groups in total. The van der Waals surface area contributed by atoms with Crippen LogP contribution in [0.2, 0.25) is 0 Å². The van der Waals surface area contributed by atoms with Crippen molar-refractivity contribution in [3.63, 3.8) is 0 Å². The summed E-state index contributed by atoms with van der Waals surface area (Å²) in [5.41, 5.74) is 10.3. The molecule has 0 fully saturated rings. The molecule has 4 aromatic rings. The van der Waals surface area contributed by atoms with Gasteiger partial charge in [-0.05, 0) is 54.8 Å². The van der Waals surface area contributed by atoms with Crippen LogP contribution < -0.4 is 11.1 Å². The molecular weight excluding hydrogens is 402 g/mol. The molecule has 0 saturated heterocycles. The largest absolute Gasteiger partial charge is 0.386 e. The Morgan fingerprint density at radius 1 is 1.16 bits per heavy atom. The Balaban J connectivity index is 1.85. The number of carbonyl (C=O) groups excluding carboxylic acids is 2. The van der Waals surface area contributed by atoms with Crippen LogP contribution in [0.4, 0.5) is 5.69 Å². The number of amides is 1. The number of nitrogens with one attached hydrogen (secondary N) is 2. The van der Waals surface area contributed by atoms with Crippen molar-refractivity contribution in [2.75, 3.05) is 11.9 Å². The van der Waals surface area contributed by atoms with Gasteiger partial charge >= 0.3 is 0 Å². The molecule has 0 radical (unpaired) electrons. The van der Waals surface area contributed by atoms with E-state index >= 15 is 0 Å². The van der Waals surface area contributed by atoms with Gasteiger partial charge in [0.1, 0.15) is 6.29 Å². The predicted octanol–water partition coefficient (Wildman–Crippen LogP) is 4.56. The van der Waals surface area contributed by atoms with Gasteiger partial charge in [0.25, 0.3) is 5.91 Å². The minimum absolute atomic E-state index is 0.0596. The molecule has 164 valence electrons. The van der Waals surface area contributed by atoms with Gasteiger partial charge in [-0.3, -0.25) is 4.79 Å². The topological polar surface area (TPSA) is 108 Å². The van der Waals surface area contributed by atoms with Crippen molar-refractivity contribution in [2.45, 2.75) is 26.4 Å². The van der Waals surface area contributed by atoms with Gasteiger partial charge in [-0.25, -0.2) is 0 Å². The van der Waals surface area contributed by atoms with Crippen LogP contribution >= 0.6 is 0 Å². The van der Waals surface area contributed by atoms with Crippen molar-refractivity contribution in [3.8, 4) is 11.1 Å². The molecule has 0 aliphatic heterocycles. The van der Waals surface area contributed by atoms with E-state index in [2.05, 4.69) is 10.3 Å². The predicted molar refractivity (Wildman–Crippen MR) is 129 cm³/mol. The van der Waals surface area contributed by atoms with Crippen LogP contribution in [0.1, 0.15) is 36.7 Å². The average Bonchev–Trinajstić information content (AvgIpc) is 3.15. The fourth-order valence-corrected chi connectivity index (χ4v) is 3.93. The van der Waals surface area contributed by atoms with Gasteiger partial charge in [0.2, 0.25) is 0 Å². The lowest BCUT2D eigenvalue weighted by atomic mass is 9.94. The maximum absolute atomic E-state index is 12.1. The second-order valence-electron chi connectivity index (χ2n) is 8.79. The summed E-state index contributed by atoms with van der Waals surface area (Å²) < 4.78 is 0. The zero-order valence-electron chi connectivity index (χ0n) is 18.4. The number of aromatic nitrogens is 1. The number of aldehydes is 1. The summed E-state index contributed by atoms with van der Waals surface area (Å²) in [6, 6.07) is 17.4. The number of nitrogens with two attached hydrogens (primary N) is 1. The fraction of sp³-hybridized carbons (Fsp3) is 0.231. The second kappa shape index (κ2) is 8.13. The lowest BCUT2D eigenvalue weighted by Gasteiger charge is -2.17. The first-order valence-electron chi connectivity index (χ1n) is 10.6. The van der Waals surface area contributed by atoms with E-state index in [0.717, 1.165) is 45.0 Å². The molecule has 1 heterocycles. The van der Waals surface area contributed by atoms with Gasteiger partial charge in [-0.15, -0.1) is 0 Å². The Labute approximate surface area is 186 Å². The molecule has 3 aromatic carbocycles. The molecule has 1 unspecified atom stereocenters. The molecule has 4 rings (SSSR count). The Bertz CT molecular complexity index is 1310. The molecule has 0 aliphatic carbocycles. The van der Waals surface area contributed by atoms with E-state index in [4.69, 9.17) is 5.73 Å². The van der Waals surface area contributed by atoms with Crippen molar-refractivity contribution >= 4 is 39.7 Å². The lowest BCUT2D eigenvalue weighted by Crippen LogP contribution is -2.14. The number of carbonyl (C=O) groups is 2. The average molecular weight is 430 g/mol. The van der Waals surface area contributed by atoms with Crippen molar-refractivity contribution in [3.05, 3.63) is 65.7 Å². The van der Waals surface area contributed by atoms with E-state index < -0.39 is 11.5 Å². The summed E-state index contributed by atoms with van der Waals surface area (Å²) in [7, 11) is 0. The molecule has 0 spiro atoms. The highest BCUT2D eigenvalue weighted by Crippen LogP contribution is 2.38. The van der Waals surface area contributed by atoms with E-state index in [1.807, 2.05) is 55.5 Å². The van der Waals surface area contributed by atoms with Crippen LogP contribution in [0.5, 0.6) is 0 Å². The van der Waals surface area contributed by atoms with Crippen LogP contribution in [0.15, 0.2) is 54.6 Å². The summed E-state index contributed by atoms with van der Waals surface area (Å²) >= 11 is 0. The third kappa shape index (κ3) is 3.97. The molecule has 0 aliphatic rings. The third-order valence-corrected chi connectivity index (χ3v) is 5.78. The third-order valence-electron chi connectivity index (χ3n) is 5.78. The quantitative estimate of drug-likeness (QED) is 0.323. The molecule has 6 nitrogen and oxygen atoms in total. The van der Waals surface area contributed by atoms with E-state index in [9.17, 15) is 14.7 Å². The number of hydrogen-bond acceptors (Lipinski definition) is 4. The van der Waals surface area contributed by atoms with Gasteiger partial charge in [-0.1, -0.05) is 37.3 Å². The van der Waals surface area contributed by atoms with Crippen LogP contribution in [-0.4, -0.2) is 28.8 Å². The van der Waals surface area contributed by atoms with Crippen LogP contribution in [-0.2, 0) is 10.4 Å². The number of primary amides is 1. The van der Waals surface area contributed by atoms with E-state index in [1.165, 1.54) is 0 Å². The van der Waals surface area contributed by atoms with Gasteiger partial charge in [-0.2, -0.15) is 0 Å². The summed E-state index contributed by atoms with van der Waals surface area (Å²) in [5, 5.41) is 15.5. The fourth-order valence-electron chi connectivity index (χ4n) is 3.93. The Hall–Kier alpha value is -3.64. The Morgan fingerprint density at radius 3 is 2.50 bits per heavy atom. The van der Waals surface area contributed by atoms with Crippen molar-refractivity contribution < 1.29 is 14.7 Å². The number of H-pyrrole nitrogens is 1. The highest BCUT2D eigenvalue weighted by atomic mass is 16.3. The molecule has 1 amide bonds. The minimum atomic E-state index is -0.981. The standard InChI is InChI=1S/C26H27N3O3/c1-15(14-30)13-28-18-7-4-16(5-8-18)19-10-11-21(25(27)31)24-23(19)20-9-6-17(26(2,3)32)12-22(20)29-24/h4-12,14-15,28-29,32H,13H2,1-3H3,(H2,27,31). The first-order valence-corrected chi connectivity index (χ1v) is 10.6. The zero-order chi connectivity index (χ0) is 23.0. The maximum atomic E-state index is 12.1. The maximum Gasteiger partial charge on any atom is 0.250 e. The molecule has 1 aromatic heterocycles. The number of hydrogen-bond donors (Lipinski definition) is 4. The summed E-state index contributed by atoms with van der Waals surface area (Å²) in [6.45, 7) is 5.92. The summed E-state index contributed by atoms with van der Waals surface area (Å²) in [6.07, 6.45) is 0.929. The van der Waals surface area contributed by atoms with Gasteiger partial charge < -0.3 is 25.9 Å². The number of aliphatic hydroxyl groups is 1. The normalized spacial score (nSPS) is 12.8. The van der Waals surface area contributed by atoms with E-state index in [1.54, 1.807) is 19.9 Å². The van der Waals surface area contributed by atoms with Gasteiger partial charge in [0, 0.05) is 34.4 Å². The molecular formula is C26H27N3O3. The number of aromatic amines is 1. The Kier molecular flexibility index (Phi) is 5.48. The first-order chi connectivity index (χ1) is 15.2. The highest BCUT2D eigenvalue weighted by molar-refractivity contribution is 6.19. The smallest absolute Gasteiger partial charge is 0.250 e. The van der Waals surface area contributed by atoms with Crippen molar-refractivity contribution in [1.82, 2.24) is 4.98 Å². The highest BCUT2D eigenvalue weighted by Gasteiger charge is 2.20. The monoisotopic (exact) mass is 429 g/mol. The second-order valence-corrected chi connectivity index (χ2v) is 8.79. The van der Waals surface area contributed by atoms with E-state index in [0.29, 0.717) is 17.6 Å². The molecule has 0 saturated carbocycles. The summed E-state index contributed by atoms with van der Waals surface area (Å²) in [4.78, 5) is 26.3. The van der Waals surface area contributed by atoms with Gasteiger partial charge in [0.15, 0.2) is 0 Å². The first kappa shape index (κ1) is 21.6. The Morgan fingerprint density at radius 2 is 1.88 bits per heavy atom. The minimum Gasteiger partial charge on any atom is -0.386 e. The number of anilines is 1. The summed E-state index contributed by atoms with van der Waals surface area (Å²) in [5.74, 6) is -0.560. The number of benzene rings is 3. The number of rotatable bonds is 7. The SMILES string of the molecule is CC(C=O)CNc1ccc(-c2ccc(C(N)=O)c3[nH]c4cc(C(C)(C)O)ccc4c23)cc1. The van der Waals surface area contributed by atoms with Crippen LogP contribution in [0.3, 0.4) is 0 Å². The van der Waals surface area contributed by atoms with Crippen LogP contribution in [0.25, 0.3) is 32.9 Å². The van der Waals surface area contributed by atoms with Crippen molar-refractivity contribution in [1.29, 1.82) is 0 Å². The van der Waals surface area contributed by atoms with Crippen LogP contribution in [0, 0.1) is 5.92 Å². The number of fused-ring (bicyclic) bond motifs is 3. The van der Waals surface area contributed by atoms with Gasteiger partial charge in [0.05, 0.1) is 16.7 Å². The molecule has 32 heavy (non-hydrogen) atoms. The molecule has 0 bridgehead atoms. The lowest BCUT2D eigenvalue weighted by molar-refractivity contribution is -0.110. The molecule has 6 heteroatoms. The van der Waals surface area contributed by atoms with Crippen molar-refractivity contribution in [2.24, 2.45) is 11.7 Å².